The summed E-state index contributed by atoms with van der Waals surface area (Å²) in [7, 11) is -3.63. The van der Waals surface area contributed by atoms with Crippen molar-refractivity contribution in [2.24, 2.45) is 0 Å². The van der Waals surface area contributed by atoms with E-state index in [4.69, 9.17) is 0 Å². The molecule has 8 heteroatoms. The van der Waals surface area contributed by atoms with Crippen molar-refractivity contribution in [3.05, 3.63) is 58.5 Å². The van der Waals surface area contributed by atoms with Crippen molar-refractivity contribution in [2.75, 3.05) is 6.54 Å². The summed E-state index contributed by atoms with van der Waals surface area (Å²) < 4.78 is 27.1. The van der Waals surface area contributed by atoms with E-state index in [0.717, 1.165) is 5.56 Å². The van der Waals surface area contributed by atoms with E-state index in [9.17, 15) is 18.3 Å². The molecule has 4 N–H and O–H groups in total. The van der Waals surface area contributed by atoms with Crippen molar-refractivity contribution in [2.45, 2.75) is 17.7 Å². The minimum atomic E-state index is -3.63. The lowest BCUT2D eigenvalue weighted by molar-refractivity contribution is 0.475. The molecular formula is C16H17N3O4S. The molecule has 0 atom stereocenters. The van der Waals surface area contributed by atoms with Gasteiger partial charge in [0.2, 0.25) is 10.0 Å². The van der Waals surface area contributed by atoms with Crippen LogP contribution >= 0.6 is 0 Å². The Morgan fingerprint density at radius 1 is 1.00 bits per heavy atom. The van der Waals surface area contributed by atoms with E-state index in [-0.39, 0.29) is 16.3 Å². The highest BCUT2D eigenvalue weighted by Gasteiger charge is 2.14. The second-order valence-corrected chi connectivity index (χ2v) is 7.22. The summed E-state index contributed by atoms with van der Waals surface area (Å²) in [5, 5.41) is 9.22. The summed E-state index contributed by atoms with van der Waals surface area (Å²) in [5.74, 6) is 0.206. The Morgan fingerprint density at radius 2 is 1.71 bits per heavy atom. The van der Waals surface area contributed by atoms with Gasteiger partial charge in [-0.1, -0.05) is 12.1 Å². The molecule has 7 nitrogen and oxygen atoms in total. The number of phenols is 1. The van der Waals surface area contributed by atoms with E-state index in [1.807, 2.05) is 0 Å². The molecular weight excluding hydrogens is 330 g/mol. The van der Waals surface area contributed by atoms with Crippen molar-refractivity contribution in [1.29, 1.82) is 0 Å². The Labute approximate surface area is 138 Å². The normalized spacial score (nSPS) is 11.8. The lowest BCUT2D eigenvalue weighted by Crippen LogP contribution is -2.25. The average molecular weight is 347 g/mol. The first-order chi connectivity index (χ1) is 11.4. The number of aromatic hydroxyl groups is 1. The maximum atomic E-state index is 12.3. The van der Waals surface area contributed by atoms with Gasteiger partial charge < -0.3 is 15.1 Å². The number of hydrogen-bond acceptors (Lipinski definition) is 4. The zero-order chi connectivity index (χ0) is 17.2. The molecule has 3 aromatic rings. The molecule has 0 bridgehead atoms. The van der Waals surface area contributed by atoms with E-state index in [1.165, 1.54) is 12.1 Å². The molecule has 0 aliphatic heterocycles. The maximum absolute atomic E-state index is 12.3. The van der Waals surface area contributed by atoms with Gasteiger partial charge in [0.1, 0.15) is 5.75 Å². The Balaban J connectivity index is 1.62. The molecule has 2 aromatic carbocycles. The highest BCUT2D eigenvalue weighted by Crippen LogP contribution is 2.15. The van der Waals surface area contributed by atoms with Crippen LogP contribution in [-0.2, 0) is 16.4 Å². The first-order valence-corrected chi connectivity index (χ1v) is 8.92. The monoisotopic (exact) mass is 347 g/mol. The van der Waals surface area contributed by atoms with Crippen LogP contribution in [0.5, 0.6) is 5.75 Å². The van der Waals surface area contributed by atoms with Crippen molar-refractivity contribution in [3.63, 3.8) is 0 Å². The average Bonchev–Trinajstić information content (AvgIpc) is 2.92. The molecule has 24 heavy (non-hydrogen) atoms. The van der Waals surface area contributed by atoms with E-state index in [0.29, 0.717) is 30.4 Å². The third-order valence-electron chi connectivity index (χ3n) is 3.67. The van der Waals surface area contributed by atoms with Gasteiger partial charge in [0.25, 0.3) is 0 Å². The minimum Gasteiger partial charge on any atom is -0.508 e. The van der Waals surface area contributed by atoms with Gasteiger partial charge in [-0.25, -0.2) is 17.9 Å². The van der Waals surface area contributed by atoms with Gasteiger partial charge in [0.05, 0.1) is 15.9 Å². The molecule has 0 fully saturated rings. The second kappa shape index (κ2) is 6.50. The molecule has 0 unspecified atom stereocenters. The number of hydrogen-bond donors (Lipinski definition) is 4. The largest absolute Gasteiger partial charge is 0.508 e. The van der Waals surface area contributed by atoms with Crippen molar-refractivity contribution in [1.82, 2.24) is 14.7 Å². The van der Waals surface area contributed by atoms with E-state index in [1.54, 1.807) is 30.3 Å². The number of H-pyrrole nitrogens is 2. The van der Waals surface area contributed by atoms with Crippen LogP contribution in [0.15, 0.2) is 52.2 Å². The highest BCUT2D eigenvalue weighted by molar-refractivity contribution is 7.89. The molecule has 1 aromatic heterocycles. The van der Waals surface area contributed by atoms with Crippen LogP contribution in [0.2, 0.25) is 0 Å². The topological polar surface area (TPSA) is 115 Å². The van der Waals surface area contributed by atoms with Gasteiger partial charge in [0.15, 0.2) is 0 Å². The predicted molar refractivity (Wildman–Crippen MR) is 90.5 cm³/mol. The Morgan fingerprint density at radius 3 is 2.46 bits per heavy atom. The van der Waals surface area contributed by atoms with Gasteiger partial charge in [-0.15, -0.1) is 0 Å². The summed E-state index contributed by atoms with van der Waals surface area (Å²) in [4.78, 5) is 16.4. The van der Waals surface area contributed by atoms with Gasteiger partial charge in [-0.3, -0.25) is 0 Å². The molecule has 1 heterocycles. The third kappa shape index (κ3) is 3.66. The fourth-order valence-corrected chi connectivity index (χ4v) is 3.52. The van der Waals surface area contributed by atoms with Gasteiger partial charge in [-0.2, -0.15) is 0 Å². The van der Waals surface area contributed by atoms with Gasteiger partial charge >= 0.3 is 5.69 Å². The lowest BCUT2D eigenvalue weighted by Gasteiger charge is -2.07. The predicted octanol–water partition coefficient (Wildman–Crippen LogP) is 1.47. The molecule has 0 aliphatic rings. The van der Waals surface area contributed by atoms with E-state index >= 15 is 0 Å². The number of benzene rings is 2. The van der Waals surface area contributed by atoms with Crippen molar-refractivity contribution >= 4 is 21.1 Å². The van der Waals surface area contributed by atoms with Crippen LogP contribution in [0, 0.1) is 0 Å². The smallest absolute Gasteiger partial charge is 0.323 e. The molecule has 0 saturated heterocycles. The number of aromatic amines is 2. The fourth-order valence-electron chi connectivity index (χ4n) is 2.42. The third-order valence-corrected chi connectivity index (χ3v) is 5.13. The highest BCUT2D eigenvalue weighted by atomic mass is 32.2. The molecule has 0 radical (unpaired) electrons. The number of phenolic OH excluding ortho intramolecular Hbond substituents is 1. The molecule has 0 amide bonds. The van der Waals surface area contributed by atoms with Crippen molar-refractivity contribution < 1.29 is 13.5 Å². The Kier molecular flexibility index (Phi) is 4.41. The Hall–Kier alpha value is -2.58. The van der Waals surface area contributed by atoms with Crippen LogP contribution in [0.25, 0.3) is 11.0 Å². The summed E-state index contributed by atoms with van der Waals surface area (Å²) in [6.45, 7) is 0.297. The molecule has 0 aliphatic carbocycles. The van der Waals surface area contributed by atoms with Gasteiger partial charge in [-0.05, 0) is 48.7 Å². The van der Waals surface area contributed by atoms with E-state index < -0.39 is 10.0 Å². The van der Waals surface area contributed by atoms with Crippen molar-refractivity contribution in [3.8, 4) is 5.75 Å². The summed E-state index contributed by atoms with van der Waals surface area (Å²) in [6.07, 6.45) is 1.33. The zero-order valence-corrected chi connectivity index (χ0v) is 13.6. The number of imidazole rings is 1. The molecule has 0 saturated carbocycles. The number of fused-ring (bicyclic) bond motifs is 1. The quantitative estimate of drug-likeness (QED) is 0.505. The second-order valence-electron chi connectivity index (χ2n) is 5.45. The summed E-state index contributed by atoms with van der Waals surface area (Å²) >= 11 is 0. The number of rotatable bonds is 6. The SMILES string of the molecule is O=c1[nH]c2ccc(S(=O)(=O)NCCCc3ccc(O)cc3)cc2[nH]1. The number of aromatic nitrogens is 2. The van der Waals surface area contributed by atoms with Crippen LogP contribution in [-0.4, -0.2) is 30.0 Å². The number of sulfonamides is 1. The fraction of sp³-hybridized carbons (Fsp3) is 0.188. The number of aryl methyl sites for hydroxylation is 1. The summed E-state index contributed by atoms with van der Waals surface area (Å²) in [5.41, 5.74) is 1.66. The first-order valence-electron chi connectivity index (χ1n) is 7.44. The first kappa shape index (κ1) is 16.3. The summed E-state index contributed by atoms with van der Waals surface area (Å²) in [6, 6.07) is 11.3. The standard InChI is InChI=1S/C16H17N3O4S/c20-12-5-3-11(4-6-12)2-1-9-17-24(22,23)13-7-8-14-15(10-13)19-16(21)18-14/h3-8,10,17,20H,1-2,9H2,(H2,18,19,21). The zero-order valence-electron chi connectivity index (χ0n) is 12.7. The maximum Gasteiger partial charge on any atom is 0.323 e. The number of nitrogens with one attached hydrogen (secondary N) is 3. The van der Waals surface area contributed by atoms with E-state index in [2.05, 4.69) is 14.7 Å². The van der Waals surface area contributed by atoms with Crippen LogP contribution in [0.1, 0.15) is 12.0 Å². The Bertz CT molecular complexity index is 1000. The minimum absolute atomic E-state index is 0.106. The molecule has 0 spiro atoms. The van der Waals surface area contributed by atoms with Crippen LogP contribution in [0.4, 0.5) is 0 Å². The molecule has 126 valence electrons. The lowest BCUT2D eigenvalue weighted by atomic mass is 10.1. The van der Waals surface area contributed by atoms with Gasteiger partial charge in [0, 0.05) is 6.54 Å². The molecule has 3 rings (SSSR count). The van der Waals surface area contributed by atoms with Crippen LogP contribution in [0.3, 0.4) is 0 Å². The van der Waals surface area contributed by atoms with Crippen LogP contribution < -0.4 is 10.4 Å².